The number of ketones is 2. The Morgan fingerprint density at radius 3 is 2.31 bits per heavy atom. The number of ether oxygens (including phenoxy) is 2. The molecule has 0 saturated carbocycles. The highest BCUT2D eigenvalue weighted by molar-refractivity contribution is 7.99. The summed E-state index contributed by atoms with van der Waals surface area (Å²) >= 11 is 1.07. The number of carbonyl (C=O) groups excluding carboxylic acids is 9. The molecule has 6 amide bonds. The zero-order chi connectivity index (χ0) is 49.1. The molecule has 4 heterocycles. The number of benzene rings is 1. The highest BCUT2D eigenvalue weighted by Gasteiger charge is 2.45. The van der Waals surface area contributed by atoms with E-state index in [1.807, 2.05) is 0 Å². The highest BCUT2D eigenvalue weighted by atomic mass is 32.2. The van der Waals surface area contributed by atoms with Gasteiger partial charge in [0.2, 0.25) is 35.4 Å². The Labute approximate surface area is 391 Å². The summed E-state index contributed by atoms with van der Waals surface area (Å²) in [6.45, 7) is 5.70. The standard InChI is InChI=1S/C45H61N7O14S/c1-6-10-66-38(60)14-25-13-33(55)31-21-67-44-29(28-9-8-27(65-5)16-30(28)49-44)11-24(41(61)46-18-37(59)50-39(22(3)7-2)43(63)47-17-36(58)48-31)12-34(56)40(23(4)35(57)20-53)51-42(62)32-15-26(54)19-52(32)45(25)64/h6,8-9,16,22-26,31-32,35,39-40,49,53-54,57H,1,7,10-15,17-21H2,2-5H3,(H,46,61)(H,47,63)(H,48,58)(H,50,59)(H,51,62)/t22-,23-,24+,25-,26+,31-,32?,35-,39+,40+/m0/s1. The Morgan fingerprint density at radius 1 is 0.940 bits per heavy atom. The van der Waals surface area contributed by atoms with Crippen molar-refractivity contribution in [2.75, 3.05) is 45.7 Å². The zero-order valence-electron chi connectivity index (χ0n) is 38.0. The van der Waals surface area contributed by atoms with Crippen molar-refractivity contribution in [1.82, 2.24) is 36.5 Å². The van der Waals surface area contributed by atoms with Crippen molar-refractivity contribution < 1.29 is 67.9 Å². The summed E-state index contributed by atoms with van der Waals surface area (Å²) in [7, 11) is 1.47. The molecule has 3 aliphatic heterocycles. The number of aliphatic hydroxyl groups is 3. The number of H-pyrrole nitrogens is 1. The Kier molecular flexibility index (Phi) is 18.5. The van der Waals surface area contributed by atoms with Crippen LogP contribution in [0.3, 0.4) is 0 Å². The number of aliphatic hydroxyl groups excluding tert-OH is 3. The minimum atomic E-state index is -1.58. The second kappa shape index (κ2) is 23.7. The quantitative estimate of drug-likeness (QED) is 0.0998. The van der Waals surface area contributed by atoms with Gasteiger partial charge in [0.05, 0.1) is 74.0 Å². The molecule has 22 heteroatoms. The number of nitrogens with one attached hydrogen (secondary N) is 6. The van der Waals surface area contributed by atoms with Gasteiger partial charge in [0, 0.05) is 54.8 Å². The lowest BCUT2D eigenvalue weighted by molar-refractivity contribution is -0.150. The lowest BCUT2D eigenvalue weighted by Gasteiger charge is -2.32. The number of Topliss-reactive ketones (excluding diaryl/α,β-unsaturated/α-hetero) is 2. The maximum Gasteiger partial charge on any atom is 0.306 e. The lowest BCUT2D eigenvalue weighted by atomic mass is 9.85. The van der Waals surface area contributed by atoms with Gasteiger partial charge in [-0.05, 0) is 30.0 Å². The first-order chi connectivity index (χ1) is 31.9. The molecule has 0 spiro atoms. The minimum absolute atomic E-state index is 0.180. The van der Waals surface area contributed by atoms with Gasteiger partial charge < -0.3 is 61.3 Å². The second-order valence-electron chi connectivity index (χ2n) is 17.2. The molecule has 5 rings (SSSR count). The number of thioether (sulfide) groups is 1. The van der Waals surface area contributed by atoms with Crippen molar-refractivity contribution in [2.45, 2.75) is 101 Å². The van der Waals surface area contributed by atoms with Crippen LogP contribution in [0.25, 0.3) is 10.9 Å². The van der Waals surface area contributed by atoms with E-state index < -0.39 is 159 Å². The molecule has 2 bridgehead atoms. The normalized spacial score (nSPS) is 26.7. The van der Waals surface area contributed by atoms with E-state index in [2.05, 4.69) is 38.1 Å². The number of hydrogen-bond acceptors (Lipinski definition) is 15. The molecule has 1 saturated heterocycles. The summed E-state index contributed by atoms with van der Waals surface area (Å²) in [5, 5.41) is 45.6. The van der Waals surface area contributed by atoms with E-state index in [0.717, 1.165) is 16.7 Å². The number of fused-ring (bicyclic) bond motifs is 5. The van der Waals surface area contributed by atoms with Crippen LogP contribution in [0.4, 0.5) is 0 Å². The minimum Gasteiger partial charge on any atom is -0.497 e. The van der Waals surface area contributed by atoms with Gasteiger partial charge in [-0.3, -0.25) is 43.2 Å². The van der Waals surface area contributed by atoms with Gasteiger partial charge in [-0.1, -0.05) is 39.8 Å². The molecular formula is C45H61N7O14S. The molecular weight excluding hydrogens is 895 g/mol. The molecule has 21 nitrogen and oxygen atoms in total. The SMILES string of the molecule is C=CCOC(=O)C[C@@H]1CC(=O)[C@@H]2CSc3[nH]c4cc(OC)ccc4c3C[C@H](CC(=O)[C@@H]([C@@H](C)[C@@H](O)CO)NC(=O)C3C[C@@H](O)CN3C1=O)C(=O)NCC(=O)N[C@H]([C@@H](C)CC)C(=O)NCC(=O)N2. The summed E-state index contributed by atoms with van der Waals surface area (Å²) in [5.74, 6) is -11.4. The summed E-state index contributed by atoms with van der Waals surface area (Å²) in [6, 6.07) is -0.511. The average Bonchev–Trinajstić information content (AvgIpc) is 3.88. The fraction of sp³-hybridized carbons (Fsp3) is 0.578. The molecule has 1 unspecified atom stereocenters. The van der Waals surface area contributed by atoms with Crippen LogP contribution < -0.4 is 31.3 Å². The van der Waals surface area contributed by atoms with Gasteiger partial charge in [0.15, 0.2) is 11.6 Å². The first kappa shape index (κ1) is 52.1. The molecule has 3 aliphatic rings. The molecule has 1 aromatic carbocycles. The molecule has 1 fully saturated rings. The molecule has 1 aromatic heterocycles. The first-order valence-electron chi connectivity index (χ1n) is 22.2. The van der Waals surface area contributed by atoms with Crippen molar-refractivity contribution in [3.63, 3.8) is 0 Å². The van der Waals surface area contributed by atoms with Gasteiger partial charge in [-0.25, -0.2) is 0 Å². The second-order valence-corrected chi connectivity index (χ2v) is 18.3. The van der Waals surface area contributed by atoms with Gasteiger partial charge in [-0.15, -0.1) is 11.8 Å². The van der Waals surface area contributed by atoms with Crippen LogP contribution >= 0.6 is 11.8 Å². The van der Waals surface area contributed by atoms with Gasteiger partial charge in [0.25, 0.3) is 0 Å². The molecule has 10 atom stereocenters. The van der Waals surface area contributed by atoms with Crippen molar-refractivity contribution >= 4 is 75.6 Å². The van der Waals surface area contributed by atoms with Crippen molar-refractivity contribution in [2.24, 2.45) is 23.7 Å². The van der Waals surface area contributed by atoms with Crippen LogP contribution in [0.2, 0.25) is 0 Å². The first-order valence-corrected chi connectivity index (χ1v) is 23.2. The number of hydrogen-bond donors (Lipinski definition) is 9. The number of esters is 1. The number of aromatic amines is 1. The summed E-state index contributed by atoms with van der Waals surface area (Å²) in [5.41, 5.74) is 1.02. The lowest BCUT2D eigenvalue weighted by Crippen LogP contribution is -2.56. The smallest absolute Gasteiger partial charge is 0.306 e. The molecule has 366 valence electrons. The third-order valence-corrected chi connectivity index (χ3v) is 13.7. The molecule has 0 aliphatic carbocycles. The van der Waals surface area contributed by atoms with Crippen LogP contribution in [0.1, 0.15) is 58.4 Å². The highest BCUT2D eigenvalue weighted by Crippen LogP contribution is 2.36. The largest absolute Gasteiger partial charge is 0.497 e. The number of rotatable bonds is 10. The Balaban J connectivity index is 1.72. The molecule has 67 heavy (non-hydrogen) atoms. The maximum atomic E-state index is 14.7. The summed E-state index contributed by atoms with van der Waals surface area (Å²) in [6.07, 6.45) is -3.54. The fourth-order valence-corrected chi connectivity index (χ4v) is 9.56. The van der Waals surface area contributed by atoms with Crippen LogP contribution in [0.5, 0.6) is 5.75 Å². The third-order valence-electron chi connectivity index (χ3n) is 12.5. The van der Waals surface area contributed by atoms with E-state index in [9.17, 15) is 58.5 Å². The number of aromatic nitrogens is 1. The Morgan fingerprint density at radius 2 is 1.64 bits per heavy atom. The number of nitrogens with zero attached hydrogens (tertiary/aromatic N) is 1. The van der Waals surface area contributed by atoms with Gasteiger partial charge in [-0.2, -0.15) is 0 Å². The van der Waals surface area contributed by atoms with Gasteiger partial charge in [0.1, 0.15) is 24.4 Å². The predicted molar refractivity (Wildman–Crippen MR) is 241 cm³/mol. The van der Waals surface area contributed by atoms with E-state index >= 15 is 0 Å². The topological polar surface area (TPSA) is 312 Å². The van der Waals surface area contributed by atoms with E-state index in [-0.39, 0.29) is 25.2 Å². The van der Waals surface area contributed by atoms with E-state index in [1.54, 1.807) is 32.0 Å². The van der Waals surface area contributed by atoms with Crippen LogP contribution in [-0.4, -0.2) is 160 Å². The van der Waals surface area contributed by atoms with Crippen molar-refractivity contribution in [3.05, 3.63) is 36.4 Å². The molecule has 2 aromatic rings. The Hall–Kier alpha value is -5.84. The Bertz CT molecular complexity index is 2220. The maximum absolute atomic E-state index is 14.7. The van der Waals surface area contributed by atoms with Crippen LogP contribution in [-0.2, 0) is 54.3 Å². The molecule has 9 N–H and O–H groups in total. The monoisotopic (exact) mass is 955 g/mol. The predicted octanol–water partition coefficient (Wildman–Crippen LogP) is -1.21. The van der Waals surface area contributed by atoms with E-state index in [0.29, 0.717) is 33.7 Å². The van der Waals surface area contributed by atoms with Crippen LogP contribution in [0, 0.1) is 23.7 Å². The number of amides is 6. The zero-order valence-corrected chi connectivity index (χ0v) is 38.8. The number of carbonyl (C=O) groups is 9. The van der Waals surface area contributed by atoms with Crippen molar-refractivity contribution in [3.8, 4) is 5.75 Å². The van der Waals surface area contributed by atoms with Crippen LogP contribution in [0.15, 0.2) is 35.9 Å². The summed E-state index contributed by atoms with van der Waals surface area (Å²) in [4.78, 5) is 130. The fourth-order valence-electron chi connectivity index (χ4n) is 8.41. The van der Waals surface area contributed by atoms with E-state index in [1.165, 1.54) is 20.1 Å². The average molecular weight is 956 g/mol. The molecule has 0 radical (unpaired) electrons. The van der Waals surface area contributed by atoms with E-state index in [4.69, 9.17) is 9.47 Å². The third kappa shape index (κ3) is 13.2. The summed E-state index contributed by atoms with van der Waals surface area (Å²) < 4.78 is 10.6. The van der Waals surface area contributed by atoms with Gasteiger partial charge >= 0.3 is 5.97 Å². The van der Waals surface area contributed by atoms with Crippen molar-refractivity contribution in [1.29, 1.82) is 0 Å². The number of methoxy groups -OCH3 is 1.